The van der Waals surface area contributed by atoms with Crippen molar-refractivity contribution in [3.05, 3.63) is 71.8 Å². The highest BCUT2D eigenvalue weighted by molar-refractivity contribution is 5.96. The molecule has 28 heavy (non-hydrogen) atoms. The Morgan fingerprint density at radius 1 is 1.29 bits per heavy atom. The number of amides is 1. The van der Waals surface area contributed by atoms with Gasteiger partial charge in [-0.3, -0.25) is 9.79 Å². The Balaban J connectivity index is 2.72. The molecule has 0 saturated carbocycles. The van der Waals surface area contributed by atoms with Crippen LogP contribution in [0.3, 0.4) is 0 Å². The standard InChI is InChI=1S/C21H28N4O3/c1-3-6-15(7-4-2)14-16-9-11-17(12-10-16)19(26)25-18(20(27)28)8-5-13-24-21(22)23/h3-4,6-7,9-12,18H,1,5,8,13-14H2,2H3,(H,25,26)(H,27,28)(H4,22,23,24)/b7-4-,15-6+. The topological polar surface area (TPSA) is 131 Å². The van der Waals surface area contributed by atoms with Crippen LogP contribution in [-0.2, 0) is 11.2 Å². The van der Waals surface area contributed by atoms with Crippen molar-refractivity contribution in [2.24, 2.45) is 16.5 Å². The summed E-state index contributed by atoms with van der Waals surface area (Å²) in [6, 6.07) is 6.07. The van der Waals surface area contributed by atoms with E-state index in [9.17, 15) is 14.7 Å². The molecule has 0 fully saturated rings. The Kier molecular flexibility index (Phi) is 9.82. The van der Waals surface area contributed by atoms with Crippen molar-refractivity contribution in [1.29, 1.82) is 0 Å². The molecular formula is C21H28N4O3. The van der Waals surface area contributed by atoms with Crippen LogP contribution in [0.1, 0.15) is 35.7 Å². The monoisotopic (exact) mass is 384 g/mol. The fourth-order valence-electron chi connectivity index (χ4n) is 2.55. The minimum Gasteiger partial charge on any atom is -0.480 e. The number of carbonyl (C=O) groups is 2. The number of carboxylic acid groups (broad SMARTS) is 1. The average molecular weight is 384 g/mol. The van der Waals surface area contributed by atoms with E-state index in [-0.39, 0.29) is 12.4 Å². The summed E-state index contributed by atoms with van der Waals surface area (Å²) in [6.07, 6.45) is 9.00. The van der Waals surface area contributed by atoms with E-state index in [0.29, 0.717) is 24.9 Å². The highest BCUT2D eigenvalue weighted by Crippen LogP contribution is 2.12. The predicted molar refractivity (Wildman–Crippen MR) is 112 cm³/mol. The van der Waals surface area contributed by atoms with Crippen molar-refractivity contribution in [2.75, 3.05) is 6.54 Å². The van der Waals surface area contributed by atoms with Crippen LogP contribution in [-0.4, -0.2) is 35.5 Å². The van der Waals surface area contributed by atoms with Crippen LogP contribution in [0.5, 0.6) is 0 Å². The zero-order valence-corrected chi connectivity index (χ0v) is 16.1. The Morgan fingerprint density at radius 2 is 1.96 bits per heavy atom. The van der Waals surface area contributed by atoms with Crippen molar-refractivity contribution < 1.29 is 14.7 Å². The van der Waals surface area contributed by atoms with E-state index in [1.165, 1.54) is 0 Å². The molecule has 1 atom stereocenters. The number of carbonyl (C=O) groups excluding carboxylic acids is 1. The van der Waals surface area contributed by atoms with E-state index < -0.39 is 17.9 Å². The predicted octanol–water partition coefficient (Wildman–Crippen LogP) is 2.15. The largest absolute Gasteiger partial charge is 0.480 e. The van der Waals surface area contributed by atoms with Gasteiger partial charge in [-0.25, -0.2) is 4.79 Å². The Morgan fingerprint density at radius 3 is 2.50 bits per heavy atom. The summed E-state index contributed by atoms with van der Waals surface area (Å²) in [4.78, 5) is 27.5. The van der Waals surface area contributed by atoms with Gasteiger partial charge in [0.1, 0.15) is 6.04 Å². The second-order valence-corrected chi connectivity index (χ2v) is 6.16. The number of hydrogen-bond acceptors (Lipinski definition) is 3. The third-order valence-corrected chi connectivity index (χ3v) is 3.89. The van der Waals surface area contributed by atoms with Crippen LogP contribution < -0.4 is 16.8 Å². The van der Waals surface area contributed by atoms with Gasteiger partial charge in [0.05, 0.1) is 0 Å². The third kappa shape index (κ3) is 8.35. The average Bonchev–Trinajstić information content (AvgIpc) is 2.64. The molecule has 1 amide bonds. The first kappa shape index (κ1) is 22.7. The molecule has 7 heteroatoms. The van der Waals surface area contributed by atoms with E-state index in [1.807, 2.05) is 37.3 Å². The molecule has 1 aromatic carbocycles. The lowest BCUT2D eigenvalue weighted by atomic mass is 10.0. The second-order valence-electron chi connectivity index (χ2n) is 6.16. The highest BCUT2D eigenvalue weighted by Gasteiger charge is 2.20. The maximum atomic E-state index is 12.4. The molecule has 0 heterocycles. The van der Waals surface area contributed by atoms with Gasteiger partial charge >= 0.3 is 5.97 Å². The van der Waals surface area contributed by atoms with E-state index >= 15 is 0 Å². The number of aliphatic imine (C=N–C) groups is 1. The number of hydrogen-bond donors (Lipinski definition) is 4. The molecule has 7 nitrogen and oxygen atoms in total. The van der Waals surface area contributed by atoms with Gasteiger partial charge in [0.25, 0.3) is 5.91 Å². The Hall–Kier alpha value is -3.35. The number of nitrogens with zero attached hydrogens (tertiary/aromatic N) is 1. The number of allylic oxidation sites excluding steroid dienone is 5. The van der Waals surface area contributed by atoms with Gasteiger partial charge in [-0.15, -0.1) is 0 Å². The minimum absolute atomic E-state index is 0.0449. The number of carboxylic acids is 1. The van der Waals surface area contributed by atoms with Crippen LogP contribution in [0, 0.1) is 0 Å². The molecule has 1 rings (SSSR count). The SMILES string of the molecule is C=C/C=C(\C=C/C)Cc1ccc(C(=O)NC(CCCN=C(N)N)C(=O)O)cc1. The molecule has 0 aromatic heterocycles. The van der Waals surface area contributed by atoms with Crippen LogP contribution in [0.25, 0.3) is 0 Å². The first-order valence-corrected chi connectivity index (χ1v) is 8.99. The first-order chi connectivity index (χ1) is 13.4. The lowest BCUT2D eigenvalue weighted by molar-refractivity contribution is -0.139. The number of nitrogens with two attached hydrogens (primary N) is 2. The van der Waals surface area contributed by atoms with Crippen molar-refractivity contribution in [2.45, 2.75) is 32.2 Å². The molecule has 150 valence electrons. The molecule has 0 aliphatic carbocycles. The number of nitrogens with one attached hydrogen (secondary N) is 1. The Bertz CT molecular complexity index is 760. The third-order valence-electron chi connectivity index (χ3n) is 3.89. The van der Waals surface area contributed by atoms with Crippen molar-refractivity contribution in [1.82, 2.24) is 5.32 Å². The van der Waals surface area contributed by atoms with Crippen LogP contribution >= 0.6 is 0 Å². The van der Waals surface area contributed by atoms with E-state index in [0.717, 1.165) is 11.1 Å². The van der Waals surface area contributed by atoms with Gasteiger partial charge in [-0.05, 0) is 49.5 Å². The maximum absolute atomic E-state index is 12.4. The second kappa shape index (κ2) is 12.1. The lowest BCUT2D eigenvalue weighted by Gasteiger charge is -2.14. The molecular weight excluding hydrogens is 356 g/mol. The molecule has 6 N–H and O–H groups in total. The van der Waals surface area contributed by atoms with E-state index in [1.54, 1.807) is 18.2 Å². The van der Waals surface area contributed by atoms with E-state index in [4.69, 9.17) is 11.5 Å². The summed E-state index contributed by atoms with van der Waals surface area (Å²) in [5, 5.41) is 11.8. The lowest BCUT2D eigenvalue weighted by Crippen LogP contribution is -2.40. The molecule has 0 saturated heterocycles. The van der Waals surface area contributed by atoms with Crippen molar-refractivity contribution in [3.63, 3.8) is 0 Å². The number of aliphatic carboxylic acids is 1. The molecule has 0 aliphatic rings. The molecule has 0 radical (unpaired) electrons. The number of guanidine groups is 1. The molecule has 1 aromatic rings. The zero-order chi connectivity index (χ0) is 20.9. The van der Waals surface area contributed by atoms with Gasteiger partial charge in [0.15, 0.2) is 5.96 Å². The van der Waals surface area contributed by atoms with Crippen LogP contribution in [0.4, 0.5) is 0 Å². The maximum Gasteiger partial charge on any atom is 0.326 e. The summed E-state index contributed by atoms with van der Waals surface area (Å²) in [5.41, 5.74) is 13.0. The van der Waals surface area contributed by atoms with Crippen molar-refractivity contribution in [3.8, 4) is 0 Å². The Labute approximate surface area is 165 Å². The molecule has 1 unspecified atom stereocenters. The number of rotatable bonds is 11. The van der Waals surface area contributed by atoms with Gasteiger partial charge in [0.2, 0.25) is 0 Å². The van der Waals surface area contributed by atoms with E-state index in [2.05, 4.69) is 16.9 Å². The minimum atomic E-state index is -1.10. The van der Waals surface area contributed by atoms with Crippen LogP contribution in [0.15, 0.2) is 65.7 Å². The fraction of sp³-hybridized carbons (Fsp3) is 0.286. The highest BCUT2D eigenvalue weighted by atomic mass is 16.4. The smallest absolute Gasteiger partial charge is 0.326 e. The van der Waals surface area contributed by atoms with Gasteiger partial charge in [-0.2, -0.15) is 0 Å². The number of benzene rings is 1. The quantitative estimate of drug-likeness (QED) is 0.201. The van der Waals surface area contributed by atoms with Crippen molar-refractivity contribution >= 4 is 17.8 Å². The van der Waals surface area contributed by atoms with Crippen LogP contribution in [0.2, 0.25) is 0 Å². The molecule has 0 spiro atoms. The summed E-state index contributed by atoms with van der Waals surface area (Å²) in [6.45, 7) is 5.96. The van der Waals surface area contributed by atoms with Gasteiger partial charge < -0.3 is 21.9 Å². The van der Waals surface area contributed by atoms with Gasteiger partial charge in [0, 0.05) is 12.1 Å². The molecule has 0 bridgehead atoms. The van der Waals surface area contributed by atoms with Gasteiger partial charge in [-0.1, -0.05) is 43.0 Å². The normalized spacial score (nSPS) is 12.4. The fourth-order valence-corrected chi connectivity index (χ4v) is 2.55. The summed E-state index contributed by atoms with van der Waals surface area (Å²) in [7, 11) is 0. The summed E-state index contributed by atoms with van der Waals surface area (Å²) in [5.74, 6) is -1.58. The zero-order valence-electron chi connectivity index (χ0n) is 16.1. The first-order valence-electron chi connectivity index (χ1n) is 8.99. The summed E-state index contributed by atoms with van der Waals surface area (Å²) >= 11 is 0. The molecule has 0 aliphatic heterocycles. The summed E-state index contributed by atoms with van der Waals surface area (Å²) < 4.78 is 0.